The molecule has 0 aromatic heterocycles. The van der Waals surface area contributed by atoms with Crippen LogP contribution in [0, 0.1) is 13.8 Å². The molecule has 0 saturated heterocycles. The van der Waals surface area contributed by atoms with E-state index in [9.17, 15) is 9.59 Å². The molecule has 5 heteroatoms. The number of benzene rings is 1. The standard InChI is InChI=1S/C19H22N2O3/c1-10-6-5-7-13(11(10)2)17-16(19(23)24-4)12(3)21-14-8-20-9-15(22)18(14)17/h5-7,17,20-21H,8-9H2,1-4H3. The number of hydrogen-bond acceptors (Lipinski definition) is 5. The van der Waals surface area contributed by atoms with Gasteiger partial charge in [-0.1, -0.05) is 18.2 Å². The van der Waals surface area contributed by atoms with Crippen molar-refractivity contribution in [3.63, 3.8) is 0 Å². The minimum atomic E-state index is -0.399. The molecule has 3 rings (SSSR count). The molecular formula is C19H22N2O3. The molecule has 2 N–H and O–H groups in total. The lowest BCUT2D eigenvalue weighted by atomic mass is 9.76. The molecule has 0 aliphatic carbocycles. The largest absolute Gasteiger partial charge is 0.466 e. The maximum Gasteiger partial charge on any atom is 0.336 e. The molecule has 126 valence electrons. The van der Waals surface area contributed by atoms with Gasteiger partial charge in [-0.25, -0.2) is 4.79 Å². The summed E-state index contributed by atoms with van der Waals surface area (Å²) in [5.41, 5.74) is 5.99. The fraction of sp³-hybridized carbons (Fsp3) is 0.368. The van der Waals surface area contributed by atoms with Crippen LogP contribution >= 0.6 is 0 Å². The number of Topliss-reactive ketones (excluding diaryl/α,β-unsaturated/α-hetero) is 1. The summed E-state index contributed by atoms with van der Waals surface area (Å²) in [5.74, 6) is -0.768. The highest BCUT2D eigenvalue weighted by molar-refractivity contribution is 6.04. The van der Waals surface area contributed by atoms with Gasteiger partial charge in [-0.15, -0.1) is 0 Å². The first-order valence-corrected chi connectivity index (χ1v) is 8.04. The number of methoxy groups -OCH3 is 1. The van der Waals surface area contributed by atoms with Crippen LogP contribution in [-0.2, 0) is 14.3 Å². The van der Waals surface area contributed by atoms with E-state index < -0.39 is 5.97 Å². The Kier molecular flexibility index (Phi) is 4.28. The molecule has 2 heterocycles. The molecule has 1 aromatic carbocycles. The van der Waals surface area contributed by atoms with E-state index in [1.54, 1.807) is 0 Å². The van der Waals surface area contributed by atoms with Gasteiger partial charge in [-0.05, 0) is 37.5 Å². The van der Waals surface area contributed by atoms with E-state index in [1.807, 2.05) is 39.0 Å². The van der Waals surface area contributed by atoms with Crippen LogP contribution in [0.15, 0.2) is 40.7 Å². The van der Waals surface area contributed by atoms with Gasteiger partial charge in [0.2, 0.25) is 0 Å². The van der Waals surface area contributed by atoms with Crippen molar-refractivity contribution < 1.29 is 14.3 Å². The molecule has 0 saturated carbocycles. The number of nitrogens with one attached hydrogen (secondary N) is 2. The molecule has 0 bridgehead atoms. The normalized spacial score (nSPS) is 20.7. The van der Waals surface area contributed by atoms with Crippen LogP contribution in [0.25, 0.3) is 0 Å². The lowest BCUT2D eigenvalue weighted by Crippen LogP contribution is -2.43. The average Bonchev–Trinajstić information content (AvgIpc) is 2.56. The second-order valence-corrected chi connectivity index (χ2v) is 6.30. The van der Waals surface area contributed by atoms with E-state index in [-0.39, 0.29) is 18.2 Å². The first kappa shape index (κ1) is 16.5. The highest BCUT2D eigenvalue weighted by atomic mass is 16.5. The Bertz CT molecular complexity index is 790. The Hall–Kier alpha value is -2.40. The van der Waals surface area contributed by atoms with Crippen molar-refractivity contribution in [2.24, 2.45) is 0 Å². The molecule has 0 spiro atoms. The van der Waals surface area contributed by atoms with Gasteiger partial charge in [0, 0.05) is 29.4 Å². The van der Waals surface area contributed by atoms with Crippen LogP contribution in [-0.4, -0.2) is 32.0 Å². The van der Waals surface area contributed by atoms with E-state index in [2.05, 4.69) is 10.6 Å². The van der Waals surface area contributed by atoms with Gasteiger partial charge in [-0.3, -0.25) is 4.79 Å². The van der Waals surface area contributed by atoms with Gasteiger partial charge in [-0.2, -0.15) is 0 Å². The zero-order chi connectivity index (χ0) is 17.4. The number of allylic oxidation sites excluding steroid dienone is 1. The number of dihydropyridines is 1. The topological polar surface area (TPSA) is 67.4 Å². The summed E-state index contributed by atoms with van der Waals surface area (Å²) in [4.78, 5) is 25.1. The molecule has 5 nitrogen and oxygen atoms in total. The lowest BCUT2D eigenvalue weighted by Gasteiger charge is -2.35. The van der Waals surface area contributed by atoms with Crippen molar-refractivity contribution in [3.05, 3.63) is 57.4 Å². The fourth-order valence-electron chi connectivity index (χ4n) is 3.54. The van der Waals surface area contributed by atoms with Crippen molar-refractivity contribution in [1.82, 2.24) is 10.6 Å². The van der Waals surface area contributed by atoms with Gasteiger partial charge in [0.1, 0.15) is 0 Å². The number of aryl methyl sites for hydroxylation is 1. The van der Waals surface area contributed by atoms with E-state index in [4.69, 9.17) is 4.74 Å². The zero-order valence-electron chi connectivity index (χ0n) is 14.4. The van der Waals surface area contributed by atoms with Crippen LogP contribution < -0.4 is 10.6 Å². The second-order valence-electron chi connectivity index (χ2n) is 6.30. The number of carbonyl (C=O) groups excluding carboxylic acids is 2. The number of rotatable bonds is 2. The van der Waals surface area contributed by atoms with Gasteiger partial charge < -0.3 is 15.4 Å². The zero-order valence-corrected chi connectivity index (χ0v) is 14.4. The third-order valence-electron chi connectivity index (χ3n) is 4.90. The third-order valence-corrected chi connectivity index (χ3v) is 4.90. The van der Waals surface area contributed by atoms with Crippen molar-refractivity contribution >= 4 is 11.8 Å². The number of hydrogen-bond donors (Lipinski definition) is 2. The molecule has 0 amide bonds. The summed E-state index contributed by atoms with van der Waals surface area (Å²) in [6, 6.07) is 6.00. The summed E-state index contributed by atoms with van der Waals surface area (Å²) in [6.07, 6.45) is 0. The maximum absolute atomic E-state index is 12.6. The number of carbonyl (C=O) groups is 2. The Balaban J connectivity index is 2.26. The maximum atomic E-state index is 12.6. The lowest BCUT2D eigenvalue weighted by molar-refractivity contribution is -0.136. The van der Waals surface area contributed by atoms with E-state index in [0.717, 1.165) is 28.1 Å². The Labute approximate surface area is 141 Å². The van der Waals surface area contributed by atoms with Crippen LogP contribution in [0.3, 0.4) is 0 Å². The van der Waals surface area contributed by atoms with Crippen LogP contribution in [0.2, 0.25) is 0 Å². The minimum Gasteiger partial charge on any atom is -0.466 e. The monoisotopic (exact) mass is 326 g/mol. The van der Waals surface area contributed by atoms with Crippen molar-refractivity contribution in [2.75, 3.05) is 20.2 Å². The molecule has 1 aromatic rings. The third kappa shape index (κ3) is 2.55. The number of esters is 1. The van der Waals surface area contributed by atoms with Gasteiger partial charge in [0.05, 0.1) is 19.2 Å². The summed E-state index contributed by atoms with van der Waals surface area (Å²) >= 11 is 0. The highest BCUT2D eigenvalue weighted by Crippen LogP contribution is 2.41. The van der Waals surface area contributed by atoms with Crippen LogP contribution in [0.4, 0.5) is 0 Å². The molecule has 0 fully saturated rings. The van der Waals surface area contributed by atoms with E-state index in [1.165, 1.54) is 7.11 Å². The van der Waals surface area contributed by atoms with Crippen LogP contribution in [0.5, 0.6) is 0 Å². The average molecular weight is 326 g/mol. The predicted molar refractivity (Wildman–Crippen MR) is 91.4 cm³/mol. The summed E-state index contributed by atoms with van der Waals surface area (Å²) in [7, 11) is 1.37. The van der Waals surface area contributed by atoms with Gasteiger partial charge in [0.15, 0.2) is 5.78 Å². The SMILES string of the molecule is COC(=O)C1=C(C)NC2=C(C(=O)CNC2)C1c1cccc(C)c1C. The molecule has 24 heavy (non-hydrogen) atoms. The van der Waals surface area contributed by atoms with Crippen molar-refractivity contribution in [2.45, 2.75) is 26.7 Å². The number of ketones is 1. The molecule has 1 atom stereocenters. The minimum absolute atomic E-state index is 0.0172. The molecule has 0 radical (unpaired) electrons. The summed E-state index contributed by atoms with van der Waals surface area (Å²) in [5, 5.41) is 6.32. The molecular weight excluding hydrogens is 304 g/mol. The molecule has 2 aliphatic heterocycles. The van der Waals surface area contributed by atoms with E-state index >= 15 is 0 Å². The quantitative estimate of drug-likeness (QED) is 0.812. The first-order valence-electron chi connectivity index (χ1n) is 8.04. The van der Waals surface area contributed by atoms with E-state index in [0.29, 0.717) is 17.7 Å². The van der Waals surface area contributed by atoms with Gasteiger partial charge >= 0.3 is 5.97 Å². The predicted octanol–water partition coefficient (Wildman–Crippen LogP) is 1.86. The number of ether oxygens (including phenoxy) is 1. The smallest absolute Gasteiger partial charge is 0.336 e. The Morgan fingerprint density at radius 1 is 1.21 bits per heavy atom. The second kappa shape index (κ2) is 6.24. The first-order chi connectivity index (χ1) is 11.5. The Morgan fingerprint density at radius 3 is 2.67 bits per heavy atom. The summed E-state index contributed by atoms with van der Waals surface area (Å²) in [6.45, 7) is 6.80. The molecule has 2 aliphatic rings. The van der Waals surface area contributed by atoms with Gasteiger partial charge in [0.25, 0.3) is 0 Å². The Morgan fingerprint density at radius 2 is 1.96 bits per heavy atom. The summed E-state index contributed by atoms with van der Waals surface area (Å²) < 4.78 is 5.01. The van der Waals surface area contributed by atoms with Crippen molar-refractivity contribution in [3.8, 4) is 0 Å². The van der Waals surface area contributed by atoms with Crippen LogP contribution in [0.1, 0.15) is 29.5 Å². The highest BCUT2D eigenvalue weighted by Gasteiger charge is 2.39. The fourth-order valence-corrected chi connectivity index (χ4v) is 3.54. The molecule has 1 unspecified atom stereocenters. The van der Waals surface area contributed by atoms with Crippen molar-refractivity contribution in [1.29, 1.82) is 0 Å².